The Morgan fingerprint density at radius 2 is 1.74 bits per heavy atom. The van der Waals surface area contributed by atoms with Crippen molar-refractivity contribution in [2.45, 2.75) is 31.4 Å². The molecule has 0 radical (unpaired) electrons. The van der Waals surface area contributed by atoms with Crippen LogP contribution >= 0.6 is 0 Å². The van der Waals surface area contributed by atoms with Crippen molar-refractivity contribution in [2.75, 3.05) is 13.1 Å². The van der Waals surface area contributed by atoms with E-state index in [2.05, 4.69) is 0 Å². The second-order valence-electron chi connectivity index (χ2n) is 6.93. The van der Waals surface area contributed by atoms with E-state index in [1.807, 2.05) is 30.3 Å². The fourth-order valence-corrected chi connectivity index (χ4v) is 3.25. The largest absolute Gasteiger partial charge is 0.490 e. The summed E-state index contributed by atoms with van der Waals surface area (Å²) in [6.45, 7) is 2.87. The third-order valence-electron chi connectivity index (χ3n) is 4.90. The Bertz CT molecular complexity index is 798. The van der Waals surface area contributed by atoms with Crippen LogP contribution in [0.5, 0.6) is 5.75 Å². The number of likely N-dealkylation sites (tertiary alicyclic amines) is 1. The number of nitrogens with zero attached hydrogens (tertiary/aromatic N) is 2. The summed E-state index contributed by atoms with van der Waals surface area (Å²) in [4.78, 5) is 24.9. The van der Waals surface area contributed by atoms with Gasteiger partial charge >= 0.3 is 0 Å². The molecule has 1 heterocycles. The Morgan fingerprint density at radius 3 is 2.30 bits per heavy atom. The van der Waals surface area contributed by atoms with Crippen LogP contribution in [-0.4, -0.2) is 34.9 Å². The van der Waals surface area contributed by atoms with E-state index in [1.54, 1.807) is 24.0 Å². The van der Waals surface area contributed by atoms with E-state index in [0.717, 1.165) is 5.56 Å². The van der Waals surface area contributed by atoms with Crippen LogP contribution in [0, 0.1) is 10.1 Å². The van der Waals surface area contributed by atoms with Crippen molar-refractivity contribution >= 4 is 11.6 Å². The number of nitro benzene ring substituents is 1. The first-order chi connectivity index (χ1) is 12.9. The number of nitro groups is 1. The van der Waals surface area contributed by atoms with Crippen LogP contribution in [0.1, 0.15) is 25.3 Å². The van der Waals surface area contributed by atoms with Gasteiger partial charge in [0.2, 0.25) is 5.91 Å². The third-order valence-corrected chi connectivity index (χ3v) is 4.90. The number of ether oxygens (including phenoxy) is 1. The highest BCUT2D eigenvalue weighted by molar-refractivity contribution is 5.87. The maximum Gasteiger partial charge on any atom is 0.269 e. The molecular weight excluding hydrogens is 346 g/mol. The van der Waals surface area contributed by atoms with Gasteiger partial charge in [-0.15, -0.1) is 0 Å². The van der Waals surface area contributed by atoms with Gasteiger partial charge < -0.3 is 15.4 Å². The van der Waals surface area contributed by atoms with Crippen LogP contribution in [0.15, 0.2) is 54.6 Å². The van der Waals surface area contributed by atoms with E-state index >= 15 is 0 Å². The number of rotatable bonds is 5. The summed E-state index contributed by atoms with van der Waals surface area (Å²) in [6, 6.07) is 15.4. The Labute approximate surface area is 157 Å². The van der Waals surface area contributed by atoms with Gasteiger partial charge in [0.25, 0.3) is 5.69 Å². The van der Waals surface area contributed by atoms with Gasteiger partial charge in [0.05, 0.1) is 4.92 Å². The summed E-state index contributed by atoms with van der Waals surface area (Å²) in [7, 11) is 0. The minimum Gasteiger partial charge on any atom is -0.490 e. The standard InChI is InChI=1S/C20H23N3O4/c1-20(21,15-5-3-2-4-6-15)19(24)22-13-11-18(12-14-22)27-17-9-7-16(8-10-17)23(25)26/h2-10,18H,11-14,21H2,1H3. The average Bonchev–Trinajstić information content (AvgIpc) is 2.69. The Kier molecular flexibility index (Phi) is 5.41. The van der Waals surface area contributed by atoms with E-state index in [9.17, 15) is 14.9 Å². The van der Waals surface area contributed by atoms with Crippen LogP contribution in [0.4, 0.5) is 5.69 Å². The topological polar surface area (TPSA) is 98.7 Å². The Morgan fingerprint density at radius 1 is 1.15 bits per heavy atom. The van der Waals surface area contributed by atoms with Crippen LogP contribution in [-0.2, 0) is 10.3 Å². The number of benzene rings is 2. The van der Waals surface area contributed by atoms with E-state index < -0.39 is 10.5 Å². The molecule has 7 heteroatoms. The van der Waals surface area contributed by atoms with Crippen molar-refractivity contribution in [3.8, 4) is 5.75 Å². The van der Waals surface area contributed by atoms with E-state index in [1.165, 1.54) is 12.1 Å². The van der Waals surface area contributed by atoms with E-state index in [4.69, 9.17) is 10.5 Å². The van der Waals surface area contributed by atoms with E-state index in [0.29, 0.717) is 31.7 Å². The highest BCUT2D eigenvalue weighted by Crippen LogP contribution is 2.25. The van der Waals surface area contributed by atoms with E-state index in [-0.39, 0.29) is 17.7 Å². The van der Waals surface area contributed by atoms with Crippen LogP contribution in [0.2, 0.25) is 0 Å². The maximum absolute atomic E-state index is 12.9. The summed E-state index contributed by atoms with van der Waals surface area (Å²) >= 11 is 0. The molecule has 0 aliphatic carbocycles. The smallest absolute Gasteiger partial charge is 0.269 e. The molecule has 0 saturated carbocycles. The molecule has 0 bridgehead atoms. The molecule has 27 heavy (non-hydrogen) atoms. The molecule has 1 saturated heterocycles. The molecule has 1 atom stereocenters. The van der Waals surface area contributed by atoms with Crippen molar-refractivity contribution in [2.24, 2.45) is 5.73 Å². The first-order valence-corrected chi connectivity index (χ1v) is 8.93. The average molecular weight is 369 g/mol. The number of hydrogen-bond acceptors (Lipinski definition) is 5. The van der Waals surface area contributed by atoms with Crippen molar-refractivity contribution in [3.63, 3.8) is 0 Å². The molecule has 7 nitrogen and oxygen atoms in total. The molecule has 0 spiro atoms. The minimum atomic E-state index is -1.06. The lowest BCUT2D eigenvalue weighted by molar-refractivity contribution is -0.384. The van der Waals surface area contributed by atoms with Crippen molar-refractivity contribution in [1.82, 2.24) is 4.90 Å². The second kappa shape index (κ2) is 7.75. The molecule has 1 aliphatic rings. The summed E-state index contributed by atoms with van der Waals surface area (Å²) in [5.74, 6) is 0.501. The number of carbonyl (C=O) groups is 1. The lowest BCUT2D eigenvalue weighted by Gasteiger charge is -2.37. The molecule has 3 rings (SSSR count). The van der Waals surface area contributed by atoms with Gasteiger partial charge in [-0.2, -0.15) is 0 Å². The first-order valence-electron chi connectivity index (χ1n) is 8.93. The quantitative estimate of drug-likeness (QED) is 0.645. The summed E-state index contributed by atoms with van der Waals surface area (Å²) in [6.07, 6.45) is 1.34. The van der Waals surface area contributed by atoms with Gasteiger partial charge in [-0.3, -0.25) is 14.9 Å². The molecule has 1 unspecified atom stereocenters. The molecule has 1 amide bonds. The number of hydrogen-bond donors (Lipinski definition) is 1. The molecule has 1 fully saturated rings. The van der Waals surface area contributed by atoms with Crippen molar-refractivity contribution < 1.29 is 14.5 Å². The highest BCUT2D eigenvalue weighted by Gasteiger charge is 2.36. The first kappa shape index (κ1) is 18.8. The summed E-state index contributed by atoms with van der Waals surface area (Å²) in [5, 5.41) is 10.7. The normalized spacial score (nSPS) is 17.2. The molecule has 0 aromatic heterocycles. The fourth-order valence-electron chi connectivity index (χ4n) is 3.25. The molecule has 2 aromatic rings. The molecule has 2 N–H and O–H groups in total. The van der Waals surface area contributed by atoms with Gasteiger partial charge in [-0.05, 0) is 24.6 Å². The zero-order chi connectivity index (χ0) is 19.4. The SMILES string of the molecule is CC(N)(C(=O)N1CCC(Oc2ccc([N+](=O)[O-])cc2)CC1)c1ccccc1. The fraction of sp³-hybridized carbons (Fsp3) is 0.350. The Balaban J connectivity index is 1.57. The summed E-state index contributed by atoms with van der Waals surface area (Å²) in [5.41, 5.74) is 6.09. The lowest BCUT2D eigenvalue weighted by Crippen LogP contribution is -2.53. The van der Waals surface area contributed by atoms with Gasteiger partial charge in [-0.25, -0.2) is 0 Å². The molecule has 1 aliphatic heterocycles. The number of non-ortho nitro benzene ring substituents is 1. The maximum atomic E-state index is 12.9. The van der Waals surface area contributed by atoms with Crippen molar-refractivity contribution in [3.05, 3.63) is 70.3 Å². The van der Waals surface area contributed by atoms with Crippen molar-refractivity contribution in [1.29, 1.82) is 0 Å². The number of piperidine rings is 1. The van der Waals surface area contributed by atoms with Gasteiger partial charge in [0, 0.05) is 38.1 Å². The highest BCUT2D eigenvalue weighted by atomic mass is 16.6. The predicted molar refractivity (Wildman–Crippen MR) is 101 cm³/mol. The molecule has 142 valence electrons. The molecular formula is C20H23N3O4. The number of nitrogens with two attached hydrogens (primary N) is 1. The molecule has 2 aromatic carbocycles. The predicted octanol–water partition coefficient (Wildman–Crippen LogP) is 2.84. The Hall–Kier alpha value is -2.93. The van der Waals surface area contributed by atoms with Gasteiger partial charge in [0.15, 0.2) is 0 Å². The number of carbonyl (C=O) groups excluding carboxylic acids is 1. The number of amides is 1. The monoisotopic (exact) mass is 369 g/mol. The van der Waals surface area contributed by atoms with Gasteiger partial charge in [0.1, 0.15) is 17.4 Å². The van der Waals surface area contributed by atoms with Gasteiger partial charge in [-0.1, -0.05) is 30.3 Å². The lowest BCUT2D eigenvalue weighted by atomic mass is 9.90. The van der Waals surface area contributed by atoms with Crippen LogP contribution in [0.3, 0.4) is 0 Å². The van der Waals surface area contributed by atoms with Crippen LogP contribution < -0.4 is 10.5 Å². The zero-order valence-corrected chi connectivity index (χ0v) is 15.2. The minimum absolute atomic E-state index is 0.0312. The zero-order valence-electron chi connectivity index (χ0n) is 15.2. The summed E-state index contributed by atoms with van der Waals surface area (Å²) < 4.78 is 5.90. The third kappa shape index (κ3) is 4.25. The second-order valence-corrected chi connectivity index (χ2v) is 6.93. The van der Waals surface area contributed by atoms with Crippen LogP contribution in [0.25, 0.3) is 0 Å².